The van der Waals surface area contributed by atoms with Crippen LogP contribution in [0.25, 0.3) is 0 Å². The highest BCUT2D eigenvalue weighted by Crippen LogP contribution is 2.51. The van der Waals surface area contributed by atoms with Crippen LogP contribution in [-0.2, 0) is 30.5 Å². The van der Waals surface area contributed by atoms with Crippen molar-refractivity contribution in [2.24, 2.45) is 11.8 Å². The maximum absolute atomic E-state index is 13.1. The van der Waals surface area contributed by atoms with Crippen LogP contribution in [0.2, 0.25) is 0 Å². The first-order valence-electron chi connectivity index (χ1n) is 8.19. The average molecular weight is 407 g/mol. The van der Waals surface area contributed by atoms with Gasteiger partial charge < -0.3 is 4.74 Å². The van der Waals surface area contributed by atoms with Gasteiger partial charge in [-0.15, -0.1) is 0 Å². The van der Waals surface area contributed by atoms with Crippen molar-refractivity contribution in [3.8, 4) is 0 Å². The Morgan fingerprint density at radius 1 is 1.22 bits per heavy atom. The SMILES string of the molecule is COC(=O)C(C)C(C)S(=O)(=O)NC(=O)C1CC1c1ccccc1C(F)(F)F. The molecule has 0 aromatic heterocycles. The molecule has 6 nitrogen and oxygen atoms in total. The molecule has 1 aromatic carbocycles. The molecule has 0 heterocycles. The van der Waals surface area contributed by atoms with Gasteiger partial charge in [0.2, 0.25) is 15.9 Å². The number of amides is 1. The summed E-state index contributed by atoms with van der Waals surface area (Å²) in [5.41, 5.74) is -0.862. The van der Waals surface area contributed by atoms with E-state index >= 15 is 0 Å². The van der Waals surface area contributed by atoms with Gasteiger partial charge in [0.1, 0.15) is 0 Å². The number of benzene rings is 1. The van der Waals surface area contributed by atoms with E-state index in [1.807, 2.05) is 4.72 Å². The molecule has 1 saturated carbocycles. The van der Waals surface area contributed by atoms with Crippen molar-refractivity contribution < 1.29 is 35.9 Å². The fourth-order valence-corrected chi connectivity index (χ4v) is 4.13. The lowest BCUT2D eigenvalue weighted by Crippen LogP contribution is -2.42. The van der Waals surface area contributed by atoms with Crippen LogP contribution >= 0.6 is 0 Å². The Balaban J connectivity index is 2.11. The van der Waals surface area contributed by atoms with Crippen molar-refractivity contribution in [1.29, 1.82) is 0 Å². The number of carbonyl (C=O) groups excluding carboxylic acids is 2. The molecule has 0 saturated heterocycles. The number of esters is 1. The molecule has 1 aromatic rings. The molecule has 1 aliphatic rings. The molecule has 4 unspecified atom stereocenters. The molecule has 27 heavy (non-hydrogen) atoms. The minimum absolute atomic E-state index is 0.0291. The zero-order valence-corrected chi connectivity index (χ0v) is 15.7. The van der Waals surface area contributed by atoms with E-state index in [9.17, 15) is 31.2 Å². The number of sulfonamides is 1. The van der Waals surface area contributed by atoms with Crippen LogP contribution in [0.1, 0.15) is 37.3 Å². The van der Waals surface area contributed by atoms with Gasteiger partial charge in [-0.05, 0) is 30.9 Å². The van der Waals surface area contributed by atoms with Crippen molar-refractivity contribution in [3.63, 3.8) is 0 Å². The molecule has 150 valence electrons. The molecule has 0 radical (unpaired) electrons. The maximum Gasteiger partial charge on any atom is 0.416 e. The van der Waals surface area contributed by atoms with E-state index in [-0.39, 0.29) is 12.0 Å². The molecule has 0 bridgehead atoms. The number of alkyl halides is 3. The largest absolute Gasteiger partial charge is 0.469 e. The van der Waals surface area contributed by atoms with Crippen molar-refractivity contribution >= 4 is 21.9 Å². The maximum atomic E-state index is 13.1. The summed E-state index contributed by atoms with van der Waals surface area (Å²) in [6, 6.07) is 4.91. The van der Waals surface area contributed by atoms with Gasteiger partial charge in [-0.3, -0.25) is 14.3 Å². The Morgan fingerprint density at radius 2 is 1.81 bits per heavy atom. The summed E-state index contributed by atoms with van der Waals surface area (Å²) < 4.78 is 70.2. The predicted octanol–water partition coefficient (Wildman–Crippen LogP) is 2.45. The third kappa shape index (κ3) is 4.60. The number of methoxy groups -OCH3 is 1. The van der Waals surface area contributed by atoms with Gasteiger partial charge in [-0.1, -0.05) is 25.1 Å². The topological polar surface area (TPSA) is 89.5 Å². The normalized spacial score (nSPS) is 21.9. The molecular weight excluding hydrogens is 387 g/mol. The first-order valence-corrected chi connectivity index (χ1v) is 9.74. The second kappa shape index (κ2) is 7.49. The summed E-state index contributed by atoms with van der Waals surface area (Å²) in [5.74, 6) is -4.21. The second-order valence-corrected chi connectivity index (χ2v) is 8.60. The lowest BCUT2D eigenvalue weighted by atomic mass is 10.0. The molecule has 10 heteroatoms. The van der Waals surface area contributed by atoms with Crippen LogP contribution in [0.3, 0.4) is 0 Å². The van der Waals surface area contributed by atoms with Crippen molar-refractivity contribution in [2.75, 3.05) is 7.11 Å². The Bertz CT molecular complexity index is 837. The van der Waals surface area contributed by atoms with Crippen molar-refractivity contribution in [1.82, 2.24) is 4.72 Å². The molecule has 1 N–H and O–H groups in total. The van der Waals surface area contributed by atoms with Crippen molar-refractivity contribution in [3.05, 3.63) is 35.4 Å². The van der Waals surface area contributed by atoms with Crippen LogP contribution in [0, 0.1) is 11.8 Å². The van der Waals surface area contributed by atoms with Crippen molar-refractivity contribution in [2.45, 2.75) is 37.6 Å². The molecule has 1 aliphatic carbocycles. The van der Waals surface area contributed by atoms with Gasteiger partial charge in [0.15, 0.2) is 0 Å². The Morgan fingerprint density at radius 3 is 2.37 bits per heavy atom. The Kier molecular flexibility index (Phi) is 5.88. The van der Waals surface area contributed by atoms with Gasteiger partial charge in [0, 0.05) is 5.92 Å². The van der Waals surface area contributed by atoms with E-state index in [4.69, 9.17) is 0 Å². The number of ether oxygens (including phenoxy) is 1. The summed E-state index contributed by atoms with van der Waals surface area (Å²) in [4.78, 5) is 23.7. The highest BCUT2D eigenvalue weighted by Gasteiger charge is 2.49. The highest BCUT2D eigenvalue weighted by molar-refractivity contribution is 7.90. The standard InChI is InChI=1S/C17H20F3NO5S/c1-9(16(23)26-3)10(2)27(24,25)21-15(22)13-8-12(13)11-6-4-5-7-14(11)17(18,19)20/h4-7,9-10,12-13H,8H2,1-3H3,(H,21,22). The van der Waals surface area contributed by atoms with Gasteiger partial charge in [0.25, 0.3) is 0 Å². The number of hydrogen-bond donors (Lipinski definition) is 1. The molecule has 2 rings (SSSR count). The minimum atomic E-state index is -4.56. The number of rotatable bonds is 6. The second-order valence-electron chi connectivity index (χ2n) is 6.56. The van der Waals surface area contributed by atoms with Gasteiger partial charge in [0.05, 0.1) is 23.8 Å². The number of nitrogens with one attached hydrogen (secondary N) is 1. The summed E-state index contributed by atoms with van der Waals surface area (Å²) in [6.07, 6.45) is -4.44. The van der Waals surface area contributed by atoms with Gasteiger partial charge >= 0.3 is 12.1 Å². The summed E-state index contributed by atoms with van der Waals surface area (Å²) >= 11 is 0. The molecule has 0 spiro atoms. The molecule has 0 aliphatic heterocycles. The molecular formula is C17H20F3NO5S. The fraction of sp³-hybridized carbons (Fsp3) is 0.529. The number of halogens is 3. The zero-order chi connectivity index (χ0) is 20.6. The third-order valence-electron chi connectivity index (χ3n) is 4.80. The van der Waals surface area contributed by atoms with Crippen LogP contribution in [0.5, 0.6) is 0 Å². The fourth-order valence-electron chi connectivity index (χ4n) is 2.86. The van der Waals surface area contributed by atoms with Crippen LogP contribution in [-0.4, -0.2) is 32.7 Å². The Hall–Kier alpha value is -2.10. The highest BCUT2D eigenvalue weighted by atomic mass is 32.2. The Labute approximate surface area is 155 Å². The lowest BCUT2D eigenvalue weighted by molar-refractivity contribution is -0.144. The average Bonchev–Trinajstić information content (AvgIpc) is 3.39. The molecule has 1 amide bonds. The van der Waals surface area contributed by atoms with E-state index in [1.54, 1.807) is 0 Å². The van der Waals surface area contributed by atoms with E-state index in [0.717, 1.165) is 13.2 Å². The summed E-state index contributed by atoms with van der Waals surface area (Å²) in [6.45, 7) is 2.60. The first-order chi connectivity index (χ1) is 12.4. The number of carbonyl (C=O) groups is 2. The smallest absolute Gasteiger partial charge is 0.416 e. The van der Waals surface area contributed by atoms with E-state index < -0.39 is 56.6 Å². The summed E-state index contributed by atoms with van der Waals surface area (Å²) in [7, 11) is -3.07. The first kappa shape index (κ1) is 21.2. The van der Waals surface area contributed by atoms with Crippen LogP contribution in [0.15, 0.2) is 24.3 Å². The quantitative estimate of drug-likeness (QED) is 0.732. The number of hydrogen-bond acceptors (Lipinski definition) is 5. The van der Waals surface area contributed by atoms with Gasteiger partial charge in [-0.2, -0.15) is 13.2 Å². The van der Waals surface area contributed by atoms with Crippen LogP contribution < -0.4 is 4.72 Å². The summed E-state index contributed by atoms with van der Waals surface area (Å²) in [5, 5.41) is -1.24. The molecule has 1 fully saturated rings. The lowest BCUT2D eigenvalue weighted by Gasteiger charge is -2.18. The third-order valence-corrected chi connectivity index (χ3v) is 6.68. The zero-order valence-electron chi connectivity index (χ0n) is 14.9. The molecule has 4 atom stereocenters. The monoisotopic (exact) mass is 407 g/mol. The van der Waals surface area contributed by atoms with E-state index in [1.165, 1.54) is 32.0 Å². The van der Waals surface area contributed by atoms with Gasteiger partial charge in [-0.25, -0.2) is 8.42 Å². The predicted molar refractivity (Wildman–Crippen MR) is 90.0 cm³/mol. The van der Waals surface area contributed by atoms with E-state index in [0.29, 0.717) is 0 Å². The van der Waals surface area contributed by atoms with E-state index in [2.05, 4.69) is 4.74 Å². The minimum Gasteiger partial charge on any atom is -0.469 e. The van der Waals surface area contributed by atoms with Crippen LogP contribution in [0.4, 0.5) is 13.2 Å².